The van der Waals surface area contributed by atoms with Crippen molar-refractivity contribution in [1.29, 1.82) is 5.26 Å². The zero-order chi connectivity index (χ0) is 27.8. The lowest BCUT2D eigenvalue weighted by atomic mass is 9.49. The zero-order valence-corrected chi connectivity index (χ0v) is 23.6. The zero-order valence-electron chi connectivity index (χ0n) is 22.9. The van der Waals surface area contributed by atoms with Gasteiger partial charge in [0.15, 0.2) is 0 Å². The maximum atomic E-state index is 13.1. The van der Waals surface area contributed by atoms with Crippen molar-refractivity contribution in [3.05, 3.63) is 58.6 Å². The molecule has 1 aliphatic rings. The van der Waals surface area contributed by atoms with Crippen LogP contribution in [0.15, 0.2) is 42.5 Å². The quantitative estimate of drug-likeness (QED) is 0.295. The van der Waals surface area contributed by atoms with Gasteiger partial charge in [-0.15, -0.1) is 0 Å². The molecule has 1 aliphatic carbocycles. The van der Waals surface area contributed by atoms with Crippen LogP contribution >= 0.6 is 11.6 Å². The third kappa shape index (κ3) is 7.19. The van der Waals surface area contributed by atoms with Gasteiger partial charge in [-0.3, -0.25) is 4.79 Å². The van der Waals surface area contributed by atoms with E-state index in [1.54, 1.807) is 30.3 Å². The Morgan fingerprint density at radius 3 is 2.24 bits per heavy atom. The molecule has 0 radical (unpaired) electrons. The minimum atomic E-state index is -0.321. The van der Waals surface area contributed by atoms with Crippen LogP contribution < -0.4 is 20.5 Å². The lowest BCUT2D eigenvalue weighted by molar-refractivity contribution is -0.164. The van der Waals surface area contributed by atoms with E-state index < -0.39 is 0 Å². The van der Waals surface area contributed by atoms with Crippen molar-refractivity contribution in [1.82, 2.24) is 5.32 Å². The topological polar surface area (TPSA) is 107 Å². The number of hydrogen-bond donors (Lipinski definition) is 2. The Kier molecular flexibility index (Phi) is 10.4. The van der Waals surface area contributed by atoms with E-state index in [1.807, 2.05) is 12.1 Å². The second-order valence-electron chi connectivity index (χ2n) is 11.0. The van der Waals surface area contributed by atoms with Gasteiger partial charge < -0.3 is 25.3 Å². The Hall–Kier alpha value is -2.79. The number of amides is 1. The minimum Gasteiger partial charge on any atom is -0.494 e. The average molecular weight is 542 g/mol. The SMILES string of the molecule is CC1(C)C(NC(=O)c2ccc(OCCCCCOCCCN)cc2)C(C)(C)C1Oc1ccc(C#N)c(Cl)c1. The predicted molar refractivity (Wildman–Crippen MR) is 150 cm³/mol. The molecule has 7 nitrogen and oxygen atoms in total. The number of nitrogens with two attached hydrogens (primary N) is 1. The Bertz CT molecular complexity index is 1100. The molecule has 3 N–H and O–H groups in total. The molecule has 0 bridgehead atoms. The highest BCUT2D eigenvalue weighted by Gasteiger charge is 2.64. The summed E-state index contributed by atoms with van der Waals surface area (Å²) in [5, 5.41) is 12.7. The highest BCUT2D eigenvalue weighted by molar-refractivity contribution is 6.31. The van der Waals surface area contributed by atoms with Crippen LogP contribution in [-0.4, -0.2) is 44.4 Å². The van der Waals surface area contributed by atoms with Gasteiger partial charge in [0.1, 0.15) is 23.7 Å². The maximum Gasteiger partial charge on any atom is 0.251 e. The first-order chi connectivity index (χ1) is 18.1. The summed E-state index contributed by atoms with van der Waals surface area (Å²) < 4.78 is 17.6. The third-order valence-corrected chi connectivity index (χ3v) is 7.55. The van der Waals surface area contributed by atoms with Crippen LogP contribution in [0.25, 0.3) is 0 Å². The van der Waals surface area contributed by atoms with Gasteiger partial charge >= 0.3 is 0 Å². The lowest BCUT2D eigenvalue weighted by Gasteiger charge is -2.63. The molecule has 0 spiro atoms. The molecule has 1 amide bonds. The van der Waals surface area contributed by atoms with Crippen LogP contribution in [0.4, 0.5) is 0 Å². The second kappa shape index (κ2) is 13.3. The van der Waals surface area contributed by atoms with Crippen molar-refractivity contribution in [2.75, 3.05) is 26.4 Å². The predicted octanol–water partition coefficient (Wildman–Crippen LogP) is 5.74. The summed E-state index contributed by atoms with van der Waals surface area (Å²) >= 11 is 6.18. The number of nitriles is 1. The Morgan fingerprint density at radius 2 is 1.61 bits per heavy atom. The van der Waals surface area contributed by atoms with E-state index in [2.05, 4.69) is 39.1 Å². The van der Waals surface area contributed by atoms with Gasteiger partial charge in [-0.05, 0) is 68.6 Å². The Labute approximate surface area is 231 Å². The van der Waals surface area contributed by atoms with Gasteiger partial charge in [-0.25, -0.2) is 0 Å². The molecule has 0 aliphatic heterocycles. The van der Waals surface area contributed by atoms with Crippen LogP contribution in [0.2, 0.25) is 5.02 Å². The standard InChI is InChI=1S/C30H40ClN3O4/c1-29(2)27(30(3,4)28(29)38-24-14-11-22(20-33)25(31)19-24)34-26(35)21-9-12-23(13-10-21)37-18-7-5-6-16-36-17-8-15-32/h9-14,19,27-28H,5-8,15-18,32H2,1-4H3,(H,34,35). The van der Waals surface area contributed by atoms with Crippen LogP contribution in [0.3, 0.4) is 0 Å². The largest absolute Gasteiger partial charge is 0.494 e. The summed E-state index contributed by atoms with van der Waals surface area (Å²) in [6.07, 6.45) is 3.74. The first-order valence-electron chi connectivity index (χ1n) is 13.3. The van der Waals surface area contributed by atoms with Crippen molar-refractivity contribution in [2.45, 2.75) is 65.5 Å². The van der Waals surface area contributed by atoms with Gasteiger partial charge in [-0.1, -0.05) is 39.3 Å². The lowest BCUT2D eigenvalue weighted by Crippen LogP contribution is -2.74. The number of carbonyl (C=O) groups is 1. The number of ether oxygens (including phenoxy) is 3. The van der Waals surface area contributed by atoms with E-state index in [4.69, 9.17) is 36.8 Å². The number of nitrogens with one attached hydrogen (secondary N) is 1. The first kappa shape index (κ1) is 29.8. The summed E-state index contributed by atoms with van der Waals surface area (Å²) in [6.45, 7) is 11.1. The van der Waals surface area contributed by atoms with Crippen molar-refractivity contribution in [3.8, 4) is 17.6 Å². The van der Waals surface area contributed by atoms with Gasteiger partial charge in [0.05, 0.1) is 17.2 Å². The fraction of sp³-hybridized carbons (Fsp3) is 0.533. The molecule has 0 unspecified atom stereocenters. The van der Waals surface area contributed by atoms with Crippen molar-refractivity contribution in [3.63, 3.8) is 0 Å². The molecule has 0 atom stereocenters. The summed E-state index contributed by atoms with van der Waals surface area (Å²) in [5.41, 5.74) is 5.80. The fourth-order valence-corrected chi connectivity index (χ4v) is 5.69. The number of benzene rings is 2. The normalized spacial score (nSPS) is 19.2. The maximum absolute atomic E-state index is 13.1. The summed E-state index contributed by atoms with van der Waals surface area (Å²) in [6, 6.07) is 14.3. The molecule has 2 aromatic rings. The minimum absolute atomic E-state index is 0.100. The molecule has 38 heavy (non-hydrogen) atoms. The molecule has 1 saturated carbocycles. The number of carbonyl (C=O) groups excluding carboxylic acids is 1. The first-order valence-corrected chi connectivity index (χ1v) is 13.7. The van der Waals surface area contributed by atoms with Crippen LogP contribution in [0, 0.1) is 22.2 Å². The highest BCUT2D eigenvalue weighted by Crippen LogP contribution is 2.55. The van der Waals surface area contributed by atoms with E-state index in [-0.39, 0.29) is 28.9 Å². The molecule has 0 heterocycles. The molecule has 3 rings (SSSR count). The third-order valence-electron chi connectivity index (χ3n) is 7.24. The summed E-state index contributed by atoms with van der Waals surface area (Å²) in [7, 11) is 0. The van der Waals surface area contributed by atoms with Gasteiger partial charge in [-0.2, -0.15) is 5.26 Å². The fourth-order valence-electron chi connectivity index (χ4n) is 5.47. The summed E-state index contributed by atoms with van der Waals surface area (Å²) in [4.78, 5) is 13.1. The Balaban J connectivity index is 1.48. The molecule has 0 saturated heterocycles. The second-order valence-corrected chi connectivity index (χ2v) is 11.4. The van der Waals surface area contributed by atoms with Crippen molar-refractivity contribution in [2.24, 2.45) is 16.6 Å². The molecular weight excluding hydrogens is 502 g/mol. The van der Waals surface area contributed by atoms with E-state index in [0.29, 0.717) is 35.1 Å². The van der Waals surface area contributed by atoms with E-state index in [0.717, 1.165) is 44.6 Å². The summed E-state index contributed by atoms with van der Waals surface area (Å²) in [5.74, 6) is 1.23. The van der Waals surface area contributed by atoms with Crippen LogP contribution in [0.1, 0.15) is 69.3 Å². The average Bonchev–Trinajstić information content (AvgIpc) is 2.89. The van der Waals surface area contributed by atoms with E-state index in [1.165, 1.54) is 0 Å². The molecule has 2 aromatic carbocycles. The number of rotatable bonds is 14. The van der Waals surface area contributed by atoms with Gasteiger partial charge in [0, 0.05) is 41.7 Å². The number of unbranched alkanes of at least 4 members (excludes halogenated alkanes) is 2. The molecular formula is C30H40ClN3O4. The van der Waals surface area contributed by atoms with Gasteiger partial charge in [0.2, 0.25) is 0 Å². The molecule has 206 valence electrons. The van der Waals surface area contributed by atoms with Crippen LogP contribution in [0.5, 0.6) is 11.5 Å². The molecule has 1 fully saturated rings. The Morgan fingerprint density at radius 1 is 0.974 bits per heavy atom. The van der Waals surface area contributed by atoms with E-state index >= 15 is 0 Å². The monoisotopic (exact) mass is 541 g/mol. The van der Waals surface area contributed by atoms with E-state index in [9.17, 15) is 4.79 Å². The molecule has 0 aromatic heterocycles. The number of nitrogens with zero attached hydrogens (tertiary/aromatic N) is 1. The van der Waals surface area contributed by atoms with Gasteiger partial charge in [0.25, 0.3) is 5.91 Å². The van der Waals surface area contributed by atoms with Crippen molar-refractivity contribution >= 4 is 17.5 Å². The highest BCUT2D eigenvalue weighted by atomic mass is 35.5. The number of halogens is 1. The number of hydrogen-bond acceptors (Lipinski definition) is 6. The smallest absolute Gasteiger partial charge is 0.251 e. The van der Waals surface area contributed by atoms with Crippen LogP contribution in [-0.2, 0) is 4.74 Å². The van der Waals surface area contributed by atoms with Crippen molar-refractivity contribution < 1.29 is 19.0 Å². The molecule has 8 heteroatoms.